The van der Waals surface area contributed by atoms with Gasteiger partial charge in [-0.1, -0.05) is 30.3 Å². The van der Waals surface area contributed by atoms with Crippen LogP contribution in [0.15, 0.2) is 48.5 Å². The first kappa shape index (κ1) is 13.2. The van der Waals surface area contributed by atoms with Gasteiger partial charge in [-0.2, -0.15) is 0 Å². The van der Waals surface area contributed by atoms with Gasteiger partial charge in [-0.25, -0.2) is 4.39 Å². The lowest BCUT2D eigenvalue weighted by Crippen LogP contribution is -2.14. The van der Waals surface area contributed by atoms with Crippen LogP contribution in [0.2, 0.25) is 0 Å². The first-order valence-electron chi connectivity index (χ1n) is 6.01. The molecule has 4 heteroatoms. The summed E-state index contributed by atoms with van der Waals surface area (Å²) in [5.41, 5.74) is 7.30. The lowest BCUT2D eigenvalue weighted by Gasteiger charge is -2.07. The highest BCUT2D eigenvalue weighted by atomic mass is 19.1. The molecule has 19 heavy (non-hydrogen) atoms. The van der Waals surface area contributed by atoms with Crippen molar-refractivity contribution < 1.29 is 9.18 Å². The highest BCUT2D eigenvalue weighted by Crippen LogP contribution is 2.14. The van der Waals surface area contributed by atoms with Crippen LogP contribution in [0.25, 0.3) is 0 Å². The molecule has 98 valence electrons. The number of anilines is 1. The third-order valence-electron chi connectivity index (χ3n) is 2.76. The van der Waals surface area contributed by atoms with E-state index in [1.54, 1.807) is 6.07 Å². The Morgan fingerprint density at radius 1 is 1.16 bits per heavy atom. The van der Waals surface area contributed by atoms with Gasteiger partial charge in [0.15, 0.2) is 0 Å². The predicted molar refractivity (Wildman–Crippen MR) is 73.1 cm³/mol. The van der Waals surface area contributed by atoms with Crippen molar-refractivity contribution in [1.82, 2.24) is 0 Å². The van der Waals surface area contributed by atoms with E-state index in [0.717, 1.165) is 5.56 Å². The van der Waals surface area contributed by atoms with Crippen molar-refractivity contribution in [2.45, 2.75) is 13.0 Å². The second-order valence-electron chi connectivity index (χ2n) is 4.22. The Kier molecular flexibility index (Phi) is 4.26. The average molecular weight is 258 g/mol. The number of hydrogen-bond acceptors (Lipinski definition) is 2. The summed E-state index contributed by atoms with van der Waals surface area (Å²) in [6, 6.07) is 13.8. The fraction of sp³-hybridized carbons (Fsp3) is 0.133. The summed E-state index contributed by atoms with van der Waals surface area (Å²) < 4.78 is 13.3. The van der Waals surface area contributed by atoms with Crippen LogP contribution in [0.1, 0.15) is 11.1 Å². The van der Waals surface area contributed by atoms with E-state index in [-0.39, 0.29) is 24.7 Å². The number of carbonyl (C=O) groups excluding carboxylic acids is 1. The summed E-state index contributed by atoms with van der Waals surface area (Å²) in [6.45, 7) is 0.105. The zero-order valence-electron chi connectivity index (χ0n) is 10.4. The van der Waals surface area contributed by atoms with E-state index in [4.69, 9.17) is 5.73 Å². The quantitative estimate of drug-likeness (QED) is 0.885. The number of carbonyl (C=O) groups is 1. The summed E-state index contributed by atoms with van der Waals surface area (Å²) in [5.74, 6) is -0.496. The van der Waals surface area contributed by atoms with E-state index in [1.807, 2.05) is 30.3 Å². The van der Waals surface area contributed by atoms with E-state index < -0.39 is 0 Å². The number of nitrogens with two attached hydrogens (primary N) is 1. The summed E-state index contributed by atoms with van der Waals surface area (Å²) >= 11 is 0. The Labute approximate surface area is 111 Å². The molecule has 3 nitrogen and oxygen atoms in total. The lowest BCUT2D eigenvalue weighted by atomic mass is 10.1. The molecule has 0 aromatic heterocycles. The van der Waals surface area contributed by atoms with Crippen LogP contribution in [0.5, 0.6) is 0 Å². The van der Waals surface area contributed by atoms with Gasteiger partial charge in [0, 0.05) is 17.8 Å². The molecular weight excluding hydrogens is 243 g/mol. The normalized spacial score (nSPS) is 10.2. The van der Waals surface area contributed by atoms with Crippen molar-refractivity contribution >= 4 is 11.6 Å². The Hall–Kier alpha value is -2.20. The van der Waals surface area contributed by atoms with Gasteiger partial charge in [-0.05, 0) is 23.8 Å². The maximum absolute atomic E-state index is 13.3. The molecule has 0 atom stereocenters. The van der Waals surface area contributed by atoms with Crippen LogP contribution in [-0.2, 0) is 17.8 Å². The number of nitrogens with one attached hydrogen (secondary N) is 1. The number of benzene rings is 2. The molecule has 0 saturated carbocycles. The molecule has 0 spiro atoms. The van der Waals surface area contributed by atoms with Crippen LogP contribution in [0.4, 0.5) is 10.1 Å². The highest BCUT2D eigenvalue weighted by molar-refractivity contribution is 5.92. The molecule has 0 unspecified atom stereocenters. The van der Waals surface area contributed by atoms with Crippen molar-refractivity contribution in [3.8, 4) is 0 Å². The standard InChI is InChI=1S/C15H15FN2O/c16-14-7-6-13(9-12(14)10-17)18-15(19)8-11-4-2-1-3-5-11/h1-7,9H,8,10,17H2,(H,18,19). The molecular formula is C15H15FN2O. The van der Waals surface area contributed by atoms with Crippen LogP contribution in [0.3, 0.4) is 0 Å². The maximum Gasteiger partial charge on any atom is 0.228 e. The summed E-state index contributed by atoms with van der Waals surface area (Å²) in [4.78, 5) is 11.8. The first-order chi connectivity index (χ1) is 9.19. The zero-order chi connectivity index (χ0) is 13.7. The Balaban J connectivity index is 2.03. The SMILES string of the molecule is NCc1cc(NC(=O)Cc2ccccc2)ccc1F. The molecule has 0 heterocycles. The molecule has 1 amide bonds. The molecule has 3 N–H and O–H groups in total. The molecule has 0 aliphatic carbocycles. The van der Waals surface area contributed by atoms with Gasteiger partial charge in [0.25, 0.3) is 0 Å². The molecule has 0 radical (unpaired) electrons. The summed E-state index contributed by atoms with van der Waals surface area (Å²) in [7, 11) is 0. The molecule has 0 fully saturated rings. The number of rotatable bonds is 4. The molecule has 0 bridgehead atoms. The second kappa shape index (κ2) is 6.11. The minimum absolute atomic E-state index is 0.105. The van der Waals surface area contributed by atoms with Crippen molar-refractivity contribution in [1.29, 1.82) is 0 Å². The topological polar surface area (TPSA) is 55.1 Å². The van der Waals surface area contributed by atoms with Gasteiger partial charge in [-0.3, -0.25) is 4.79 Å². The molecule has 2 rings (SSSR count). The first-order valence-corrected chi connectivity index (χ1v) is 6.01. The number of amides is 1. The summed E-state index contributed by atoms with van der Waals surface area (Å²) in [6.07, 6.45) is 0.288. The van der Waals surface area contributed by atoms with E-state index >= 15 is 0 Å². The van der Waals surface area contributed by atoms with Crippen LogP contribution in [-0.4, -0.2) is 5.91 Å². The van der Waals surface area contributed by atoms with Crippen LogP contribution >= 0.6 is 0 Å². The molecule has 0 saturated heterocycles. The molecule has 2 aromatic rings. The molecule has 0 aliphatic rings. The predicted octanol–water partition coefficient (Wildman–Crippen LogP) is 2.47. The minimum atomic E-state index is -0.358. The Bertz CT molecular complexity index is 570. The van der Waals surface area contributed by atoms with Crippen molar-refractivity contribution in [2.24, 2.45) is 5.73 Å². The Morgan fingerprint density at radius 2 is 1.89 bits per heavy atom. The number of halogens is 1. The third kappa shape index (κ3) is 3.63. The minimum Gasteiger partial charge on any atom is -0.326 e. The highest BCUT2D eigenvalue weighted by Gasteiger charge is 2.06. The smallest absolute Gasteiger partial charge is 0.228 e. The zero-order valence-corrected chi connectivity index (χ0v) is 10.4. The third-order valence-corrected chi connectivity index (χ3v) is 2.76. The van der Waals surface area contributed by atoms with Gasteiger partial charge in [0.2, 0.25) is 5.91 Å². The lowest BCUT2D eigenvalue weighted by molar-refractivity contribution is -0.115. The Morgan fingerprint density at radius 3 is 2.58 bits per heavy atom. The van der Waals surface area contributed by atoms with E-state index in [1.165, 1.54) is 12.1 Å². The van der Waals surface area contributed by atoms with Gasteiger partial charge in [0.05, 0.1) is 6.42 Å². The second-order valence-corrected chi connectivity index (χ2v) is 4.22. The fourth-order valence-corrected chi connectivity index (χ4v) is 1.80. The monoisotopic (exact) mass is 258 g/mol. The fourth-order valence-electron chi connectivity index (χ4n) is 1.80. The van der Waals surface area contributed by atoms with Crippen LogP contribution in [0, 0.1) is 5.82 Å². The molecule has 2 aromatic carbocycles. The van der Waals surface area contributed by atoms with E-state index in [0.29, 0.717) is 11.3 Å². The van der Waals surface area contributed by atoms with E-state index in [9.17, 15) is 9.18 Å². The van der Waals surface area contributed by atoms with Crippen LogP contribution < -0.4 is 11.1 Å². The average Bonchev–Trinajstić information content (AvgIpc) is 2.42. The van der Waals surface area contributed by atoms with Crippen molar-refractivity contribution in [3.63, 3.8) is 0 Å². The maximum atomic E-state index is 13.3. The van der Waals surface area contributed by atoms with E-state index in [2.05, 4.69) is 5.32 Å². The van der Waals surface area contributed by atoms with Gasteiger partial charge >= 0.3 is 0 Å². The van der Waals surface area contributed by atoms with Gasteiger partial charge in [-0.15, -0.1) is 0 Å². The number of hydrogen-bond donors (Lipinski definition) is 2. The van der Waals surface area contributed by atoms with Gasteiger partial charge in [0.1, 0.15) is 5.82 Å². The van der Waals surface area contributed by atoms with Crippen molar-refractivity contribution in [3.05, 3.63) is 65.5 Å². The molecule has 0 aliphatic heterocycles. The largest absolute Gasteiger partial charge is 0.326 e. The van der Waals surface area contributed by atoms with Gasteiger partial charge < -0.3 is 11.1 Å². The van der Waals surface area contributed by atoms with Crippen molar-refractivity contribution in [2.75, 3.05) is 5.32 Å². The summed E-state index contributed by atoms with van der Waals surface area (Å²) in [5, 5.41) is 2.73.